The Hall–Kier alpha value is -2.03. The van der Waals surface area contributed by atoms with Crippen LogP contribution in [-0.4, -0.2) is 16.2 Å². The Kier molecular flexibility index (Phi) is 6.04. The quantitative estimate of drug-likeness (QED) is 0.759. The van der Waals surface area contributed by atoms with Crippen molar-refractivity contribution in [3.8, 4) is 5.75 Å². The molecule has 0 bridgehead atoms. The van der Waals surface area contributed by atoms with Gasteiger partial charge < -0.3 is 10.2 Å². The van der Waals surface area contributed by atoms with Crippen molar-refractivity contribution in [1.29, 1.82) is 0 Å². The molecule has 20 heavy (non-hydrogen) atoms. The monoisotopic (exact) mass is 274 g/mol. The van der Waals surface area contributed by atoms with E-state index in [0.717, 1.165) is 12.8 Å². The van der Waals surface area contributed by atoms with Gasteiger partial charge in [-0.05, 0) is 63.8 Å². The van der Waals surface area contributed by atoms with E-state index < -0.39 is 5.97 Å². The van der Waals surface area contributed by atoms with Gasteiger partial charge in [-0.15, -0.1) is 0 Å². The highest BCUT2D eigenvalue weighted by Crippen LogP contribution is 2.20. The van der Waals surface area contributed by atoms with Gasteiger partial charge in [-0.1, -0.05) is 23.3 Å². The average Bonchev–Trinajstić information content (AvgIpc) is 2.37. The number of carboxylic acid groups (broad SMARTS) is 1. The predicted molar refractivity (Wildman–Crippen MR) is 81.2 cm³/mol. The molecule has 0 aliphatic heterocycles. The number of phenolic OH excluding ortho intramolecular Hbond substituents is 1. The van der Waals surface area contributed by atoms with Crippen LogP contribution in [0.25, 0.3) is 0 Å². The number of carboxylic acids is 1. The van der Waals surface area contributed by atoms with Gasteiger partial charge in [-0.25, -0.2) is 4.79 Å². The molecule has 0 aliphatic carbocycles. The van der Waals surface area contributed by atoms with Gasteiger partial charge in [0.25, 0.3) is 0 Å². The molecule has 0 fully saturated rings. The molecule has 3 nitrogen and oxygen atoms in total. The fourth-order valence-electron chi connectivity index (χ4n) is 1.86. The number of aromatic hydroxyl groups is 1. The van der Waals surface area contributed by atoms with E-state index in [9.17, 15) is 9.90 Å². The molecule has 0 saturated carbocycles. The van der Waals surface area contributed by atoms with Gasteiger partial charge in [0, 0.05) is 0 Å². The van der Waals surface area contributed by atoms with E-state index in [0.29, 0.717) is 12.0 Å². The first-order chi connectivity index (χ1) is 9.40. The standard InChI is InChI=1S/C17H22O3/c1-12(2)5-4-6-13(3)7-8-14-11-15(17(19)20)9-10-16(14)18/h5,7,9-11,18H,4,6,8H2,1-3H3,(H,19,20)/b13-7+. The van der Waals surface area contributed by atoms with E-state index >= 15 is 0 Å². The van der Waals surface area contributed by atoms with E-state index in [4.69, 9.17) is 5.11 Å². The number of benzene rings is 1. The lowest BCUT2D eigenvalue weighted by Gasteiger charge is -2.04. The van der Waals surface area contributed by atoms with Gasteiger partial charge in [-0.2, -0.15) is 0 Å². The summed E-state index contributed by atoms with van der Waals surface area (Å²) in [6, 6.07) is 4.37. The minimum absolute atomic E-state index is 0.142. The lowest BCUT2D eigenvalue weighted by Crippen LogP contribution is -1.97. The Morgan fingerprint density at radius 2 is 1.90 bits per heavy atom. The summed E-state index contributed by atoms with van der Waals surface area (Å²) in [7, 11) is 0. The van der Waals surface area contributed by atoms with Gasteiger partial charge >= 0.3 is 5.97 Å². The second-order valence-corrected chi connectivity index (χ2v) is 5.22. The largest absolute Gasteiger partial charge is 0.508 e. The first-order valence-electron chi connectivity index (χ1n) is 6.74. The molecule has 0 radical (unpaired) electrons. The maximum Gasteiger partial charge on any atom is 0.335 e. The molecule has 0 amide bonds. The van der Waals surface area contributed by atoms with Crippen molar-refractivity contribution in [3.05, 3.63) is 52.6 Å². The molecule has 2 N–H and O–H groups in total. The zero-order valence-electron chi connectivity index (χ0n) is 12.3. The van der Waals surface area contributed by atoms with E-state index in [1.807, 2.05) is 6.08 Å². The van der Waals surface area contributed by atoms with Crippen LogP contribution in [0.3, 0.4) is 0 Å². The van der Waals surface area contributed by atoms with Crippen LogP contribution >= 0.6 is 0 Å². The van der Waals surface area contributed by atoms with Gasteiger partial charge in [0.1, 0.15) is 5.75 Å². The Balaban J connectivity index is 2.70. The van der Waals surface area contributed by atoms with Crippen LogP contribution < -0.4 is 0 Å². The Morgan fingerprint density at radius 3 is 2.50 bits per heavy atom. The van der Waals surface area contributed by atoms with E-state index in [1.54, 1.807) is 0 Å². The van der Waals surface area contributed by atoms with Crippen molar-refractivity contribution < 1.29 is 15.0 Å². The average molecular weight is 274 g/mol. The smallest absolute Gasteiger partial charge is 0.335 e. The van der Waals surface area contributed by atoms with Gasteiger partial charge in [0.05, 0.1) is 5.56 Å². The molecule has 0 atom stereocenters. The maximum atomic E-state index is 10.9. The summed E-state index contributed by atoms with van der Waals surface area (Å²) in [5, 5.41) is 18.7. The molecule has 0 aromatic heterocycles. The molecular weight excluding hydrogens is 252 g/mol. The van der Waals surface area contributed by atoms with E-state index in [1.165, 1.54) is 29.3 Å². The van der Waals surface area contributed by atoms with Crippen molar-refractivity contribution in [2.45, 2.75) is 40.0 Å². The SMILES string of the molecule is CC(C)=CCC/C(C)=C/Cc1cc(C(=O)O)ccc1O. The first kappa shape index (κ1) is 16.0. The van der Waals surface area contributed by atoms with Crippen molar-refractivity contribution in [2.75, 3.05) is 0 Å². The fourth-order valence-corrected chi connectivity index (χ4v) is 1.86. The molecule has 108 valence electrons. The van der Waals surface area contributed by atoms with Crippen LogP contribution in [0.5, 0.6) is 5.75 Å². The topological polar surface area (TPSA) is 57.5 Å². The summed E-state index contributed by atoms with van der Waals surface area (Å²) in [5.74, 6) is -0.834. The Labute approximate surface area is 120 Å². The predicted octanol–water partition coefficient (Wildman–Crippen LogP) is 4.33. The van der Waals surface area contributed by atoms with Crippen LogP contribution in [0.4, 0.5) is 0 Å². The third kappa shape index (κ3) is 5.31. The minimum Gasteiger partial charge on any atom is -0.508 e. The zero-order chi connectivity index (χ0) is 15.1. The molecule has 1 aromatic rings. The van der Waals surface area contributed by atoms with E-state index in [2.05, 4.69) is 26.8 Å². The van der Waals surface area contributed by atoms with Gasteiger partial charge in [0.2, 0.25) is 0 Å². The van der Waals surface area contributed by atoms with E-state index in [-0.39, 0.29) is 11.3 Å². The Morgan fingerprint density at radius 1 is 1.20 bits per heavy atom. The zero-order valence-corrected chi connectivity index (χ0v) is 12.3. The second-order valence-electron chi connectivity index (χ2n) is 5.22. The summed E-state index contributed by atoms with van der Waals surface area (Å²) >= 11 is 0. The van der Waals surface area contributed by atoms with Crippen molar-refractivity contribution >= 4 is 5.97 Å². The summed E-state index contributed by atoms with van der Waals surface area (Å²) in [5.41, 5.74) is 3.40. The normalized spacial score (nSPS) is 11.2. The minimum atomic E-state index is -0.976. The Bertz CT molecular complexity index is 535. The lowest BCUT2D eigenvalue weighted by molar-refractivity contribution is 0.0697. The lowest BCUT2D eigenvalue weighted by atomic mass is 10.0. The maximum absolute atomic E-state index is 10.9. The van der Waals surface area contributed by atoms with Crippen LogP contribution in [0.2, 0.25) is 0 Å². The van der Waals surface area contributed by atoms with Crippen LogP contribution in [0.1, 0.15) is 49.5 Å². The number of carbonyl (C=O) groups is 1. The molecule has 1 rings (SSSR count). The first-order valence-corrected chi connectivity index (χ1v) is 6.74. The third-order valence-electron chi connectivity index (χ3n) is 3.09. The van der Waals surface area contributed by atoms with Gasteiger partial charge in [0.15, 0.2) is 0 Å². The number of aromatic carboxylic acids is 1. The molecular formula is C17H22O3. The van der Waals surface area contributed by atoms with Crippen LogP contribution in [0.15, 0.2) is 41.5 Å². The second kappa shape index (κ2) is 7.53. The summed E-state index contributed by atoms with van der Waals surface area (Å²) in [4.78, 5) is 10.9. The number of phenols is 1. The molecule has 0 saturated heterocycles. The molecule has 3 heteroatoms. The van der Waals surface area contributed by atoms with Crippen molar-refractivity contribution in [3.63, 3.8) is 0 Å². The highest BCUT2D eigenvalue weighted by Gasteiger charge is 2.06. The van der Waals surface area contributed by atoms with Crippen LogP contribution in [0, 0.1) is 0 Å². The molecule has 0 unspecified atom stereocenters. The van der Waals surface area contributed by atoms with Crippen molar-refractivity contribution in [1.82, 2.24) is 0 Å². The van der Waals surface area contributed by atoms with Gasteiger partial charge in [-0.3, -0.25) is 0 Å². The summed E-state index contributed by atoms with van der Waals surface area (Å²) in [6.45, 7) is 6.21. The highest BCUT2D eigenvalue weighted by molar-refractivity contribution is 5.88. The fraction of sp³-hybridized carbons (Fsp3) is 0.353. The van der Waals surface area contributed by atoms with Crippen LogP contribution in [-0.2, 0) is 6.42 Å². The molecule has 1 aromatic carbocycles. The number of hydrogen-bond acceptors (Lipinski definition) is 2. The third-order valence-corrected chi connectivity index (χ3v) is 3.09. The number of rotatable bonds is 6. The highest BCUT2D eigenvalue weighted by atomic mass is 16.4. The molecule has 0 spiro atoms. The molecule has 0 aliphatic rings. The summed E-state index contributed by atoms with van der Waals surface area (Å²) in [6.07, 6.45) is 6.77. The summed E-state index contributed by atoms with van der Waals surface area (Å²) < 4.78 is 0. The number of allylic oxidation sites excluding steroid dienone is 4. The molecule has 0 heterocycles. The van der Waals surface area contributed by atoms with Crippen molar-refractivity contribution in [2.24, 2.45) is 0 Å². The number of hydrogen-bond donors (Lipinski definition) is 2.